The van der Waals surface area contributed by atoms with E-state index in [1.807, 2.05) is 4.90 Å². The van der Waals surface area contributed by atoms with E-state index in [1.165, 1.54) is 44.9 Å². The van der Waals surface area contributed by atoms with E-state index in [9.17, 15) is 14.7 Å². The summed E-state index contributed by atoms with van der Waals surface area (Å²) in [7, 11) is 0. The zero-order valence-electron chi connectivity index (χ0n) is 30.2. The predicted octanol–water partition coefficient (Wildman–Crippen LogP) is 6.09. The quantitative estimate of drug-likeness (QED) is 0.345. The Morgan fingerprint density at radius 3 is 2.57 bits per heavy atom. The lowest BCUT2D eigenvalue weighted by Crippen LogP contribution is -2.60. The second-order valence-corrected chi connectivity index (χ2v) is 18.4. The highest BCUT2D eigenvalue weighted by molar-refractivity contribution is 5.76. The van der Waals surface area contributed by atoms with Gasteiger partial charge in [-0.2, -0.15) is 0 Å². The number of hydrogen-bond acceptors (Lipinski definition) is 6. The Bertz CT molecular complexity index is 1190. The minimum atomic E-state index is -0.470. The van der Waals surface area contributed by atoms with Crippen molar-refractivity contribution in [3.8, 4) is 0 Å². The summed E-state index contributed by atoms with van der Waals surface area (Å²) in [4.78, 5) is 26.4. The van der Waals surface area contributed by atoms with Gasteiger partial charge in [-0.15, -0.1) is 0 Å². The highest BCUT2D eigenvalue weighted by Crippen LogP contribution is 2.73. The first-order valence-electron chi connectivity index (χ1n) is 19.4. The molecule has 8 heteroatoms. The molecule has 0 aromatic rings. The lowest BCUT2D eigenvalue weighted by Gasteiger charge is -2.64. The van der Waals surface area contributed by atoms with Crippen LogP contribution in [0.15, 0.2) is 0 Å². The summed E-state index contributed by atoms with van der Waals surface area (Å²) in [6, 6.07) is 0. The molecule has 47 heavy (non-hydrogen) atoms. The molecule has 7 fully saturated rings. The van der Waals surface area contributed by atoms with Crippen LogP contribution in [0, 0.1) is 51.2 Å². The molecule has 0 aromatic heterocycles. The first-order valence-corrected chi connectivity index (χ1v) is 19.4. The van der Waals surface area contributed by atoms with E-state index in [-0.39, 0.29) is 58.1 Å². The molecule has 2 amide bonds. The topological polar surface area (TPSA) is 97.3 Å². The van der Waals surface area contributed by atoms with E-state index in [2.05, 4.69) is 39.9 Å². The number of aliphatic hydroxyl groups is 1. The fourth-order valence-corrected chi connectivity index (χ4v) is 12.9. The van der Waals surface area contributed by atoms with Crippen LogP contribution in [0.3, 0.4) is 0 Å². The van der Waals surface area contributed by atoms with Crippen molar-refractivity contribution in [1.29, 1.82) is 0 Å². The molecule has 2 saturated heterocycles. The van der Waals surface area contributed by atoms with Gasteiger partial charge in [0.25, 0.3) is 0 Å². The third-order valence-corrected chi connectivity index (χ3v) is 15.6. The van der Waals surface area contributed by atoms with Gasteiger partial charge in [0.15, 0.2) is 6.29 Å². The number of carbonyl (C=O) groups excluding carboxylic acids is 2. The number of morpholine rings is 1. The van der Waals surface area contributed by atoms with Gasteiger partial charge in [-0.3, -0.25) is 9.59 Å². The molecule has 2 aliphatic heterocycles. The molecule has 5 saturated carbocycles. The molecule has 1 spiro atoms. The van der Waals surface area contributed by atoms with Gasteiger partial charge in [0.2, 0.25) is 11.8 Å². The van der Waals surface area contributed by atoms with Gasteiger partial charge in [0.05, 0.1) is 37.6 Å². The van der Waals surface area contributed by atoms with E-state index in [0.717, 1.165) is 32.1 Å². The van der Waals surface area contributed by atoms with E-state index < -0.39 is 6.10 Å². The van der Waals surface area contributed by atoms with Gasteiger partial charge < -0.3 is 29.5 Å². The first kappa shape index (κ1) is 34.2. The minimum absolute atomic E-state index is 0.00378. The number of rotatable bonds is 7. The molecule has 0 radical (unpaired) electrons. The smallest absolute Gasteiger partial charge is 0.223 e. The average Bonchev–Trinajstić information content (AvgIpc) is 3.82. The molecule has 12 atom stereocenters. The Morgan fingerprint density at radius 1 is 1.04 bits per heavy atom. The van der Waals surface area contributed by atoms with Crippen molar-refractivity contribution in [1.82, 2.24) is 10.2 Å². The standard InChI is InChI=1S/C39H64N2O6/c1-24-20-28(13-17-40-25(2)42)46-34-33(24)37(5)14-7-15-39-16-12-30(47-32-23-41(18-19-45-32)31(43)21-26-8-9-26)36(3,4)29(39)11-10-27(22-39)38(37,6)35(34)44/h24,26-30,32-35,44H,7-23H2,1-6H3,(H,40,42). The number of nitrogens with one attached hydrogen (secondary N) is 1. The molecule has 7 aliphatic rings. The Morgan fingerprint density at radius 2 is 1.83 bits per heavy atom. The first-order chi connectivity index (χ1) is 22.3. The molecule has 266 valence electrons. The predicted molar refractivity (Wildman–Crippen MR) is 180 cm³/mol. The maximum absolute atomic E-state index is 12.9. The van der Waals surface area contributed by atoms with Crippen LogP contribution in [-0.4, -0.2) is 78.8 Å². The van der Waals surface area contributed by atoms with Crippen molar-refractivity contribution < 1.29 is 28.9 Å². The lowest BCUT2D eigenvalue weighted by atomic mass is 9.41. The van der Waals surface area contributed by atoms with Crippen molar-refractivity contribution in [3.05, 3.63) is 0 Å². The van der Waals surface area contributed by atoms with Gasteiger partial charge >= 0.3 is 0 Å². The molecule has 5 aliphatic carbocycles. The van der Waals surface area contributed by atoms with Gasteiger partial charge in [-0.1, -0.05) is 41.0 Å². The van der Waals surface area contributed by atoms with Crippen LogP contribution in [0.1, 0.15) is 125 Å². The van der Waals surface area contributed by atoms with Crippen LogP contribution in [0.4, 0.5) is 0 Å². The van der Waals surface area contributed by atoms with E-state index in [4.69, 9.17) is 14.2 Å². The van der Waals surface area contributed by atoms with Crippen LogP contribution < -0.4 is 5.32 Å². The zero-order chi connectivity index (χ0) is 33.4. The molecule has 0 aromatic carbocycles. The van der Waals surface area contributed by atoms with Gasteiger partial charge in [0.1, 0.15) is 0 Å². The Hall–Kier alpha value is -1.22. The number of carbonyl (C=O) groups is 2. The number of fused-ring (bicyclic) bond motifs is 5. The van der Waals surface area contributed by atoms with Gasteiger partial charge in [0, 0.05) is 31.8 Å². The summed E-state index contributed by atoms with van der Waals surface area (Å²) >= 11 is 0. The molecular weight excluding hydrogens is 592 g/mol. The minimum Gasteiger partial charge on any atom is -0.390 e. The van der Waals surface area contributed by atoms with Crippen LogP contribution in [0.2, 0.25) is 0 Å². The third-order valence-electron chi connectivity index (χ3n) is 15.6. The monoisotopic (exact) mass is 656 g/mol. The maximum atomic E-state index is 12.9. The fourth-order valence-electron chi connectivity index (χ4n) is 12.9. The molecular formula is C39H64N2O6. The number of ether oxygens (including phenoxy) is 3. The van der Waals surface area contributed by atoms with Crippen molar-refractivity contribution in [2.24, 2.45) is 51.2 Å². The zero-order valence-corrected chi connectivity index (χ0v) is 30.2. The van der Waals surface area contributed by atoms with Crippen molar-refractivity contribution >= 4 is 11.8 Å². The normalized spacial score (nSPS) is 47.6. The summed E-state index contributed by atoms with van der Waals surface area (Å²) in [5.74, 6) is 2.76. The largest absolute Gasteiger partial charge is 0.390 e. The van der Waals surface area contributed by atoms with Crippen molar-refractivity contribution in [2.75, 3.05) is 26.2 Å². The second-order valence-electron chi connectivity index (χ2n) is 18.4. The fraction of sp³-hybridized carbons (Fsp3) is 0.949. The Balaban J connectivity index is 1.06. The van der Waals surface area contributed by atoms with Gasteiger partial charge in [-0.05, 0) is 116 Å². The van der Waals surface area contributed by atoms with Crippen LogP contribution in [0.25, 0.3) is 0 Å². The summed E-state index contributed by atoms with van der Waals surface area (Å²) in [6.45, 7) is 16.2. The average molecular weight is 657 g/mol. The van der Waals surface area contributed by atoms with Gasteiger partial charge in [-0.25, -0.2) is 0 Å². The van der Waals surface area contributed by atoms with Crippen molar-refractivity contribution in [2.45, 2.75) is 156 Å². The van der Waals surface area contributed by atoms with E-state index >= 15 is 0 Å². The number of nitrogens with zero attached hydrogens (tertiary/aromatic N) is 1. The highest BCUT2D eigenvalue weighted by atomic mass is 16.7. The molecule has 7 rings (SSSR count). The van der Waals surface area contributed by atoms with Crippen LogP contribution in [-0.2, 0) is 23.8 Å². The number of amides is 2. The van der Waals surface area contributed by atoms with E-state index in [0.29, 0.717) is 62.3 Å². The molecule has 2 N–H and O–H groups in total. The summed E-state index contributed by atoms with van der Waals surface area (Å²) in [5.41, 5.74) is 0.134. The second kappa shape index (κ2) is 12.5. The molecule has 2 bridgehead atoms. The number of aliphatic hydroxyl groups excluding tert-OH is 1. The summed E-state index contributed by atoms with van der Waals surface area (Å²) in [5, 5.41) is 15.3. The van der Waals surface area contributed by atoms with Crippen LogP contribution in [0.5, 0.6) is 0 Å². The van der Waals surface area contributed by atoms with Crippen molar-refractivity contribution in [3.63, 3.8) is 0 Å². The molecule has 2 heterocycles. The third kappa shape index (κ3) is 5.81. The summed E-state index contributed by atoms with van der Waals surface area (Å²) in [6.07, 6.45) is 13.5. The summed E-state index contributed by atoms with van der Waals surface area (Å²) < 4.78 is 19.8. The number of hydrogen-bond donors (Lipinski definition) is 2. The highest BCUT2D eigenvalue weighted by Gasteiger charge is 2.71. The Labute approximate surface area is 283 Å². The molecule has 12 unspecified atom stereocenters. The lowest BCUT2D eigenvalue weighted by molar-refractivity contribution is -0.253. The molecule has 8 nitrogen and oxygen atoms in total. The maximum Gasteiger partial charge on any atom is 0.223 e. The van der Waals surface area contributed by atoms with Crippen LogP contribution >= 0.6 is 0 Å². The SMILES string of the molecule is CC(=O)NCCC1CC(C)C2C(O1)C(O)C1(C)C3CCC4C(CCCC21C)(CCC(OC1CN(C(=O)CC2CC2)CCO1)C4(C)C)C3. The van der Waals surface area contributed by atoms with E-state index in [1.54, 1.807) is 6.92 Å². The Kier molecular flexibility index (Phi) is 9.12.